The van der Waals surface area contributed by atoms with Crippen molar-refractivity contribution in [2.45, 2.75) is 90.2 Å². The van der Waals surface area contributed by atoms with E-state index < -0.39 is 39.6 Å². The molecule has 9 heteroatoms. The van der Waals surface area contributed by atoms with Gasteiger partial charge in [-0.25, -0.2) is 4.79 Å². The summed E-state index contributed by atoms with van der Waals surface area (Å²) in [5.74, 6) is -0.955. The van der Waals surface area contributed by atoms with Crippen LogP contribution in [0.5, 0.6) is 0 Å². The second kappa shape index (κ2) is 10.7. The van der Waals surface area contributed by atoms with Crippen LogP contribution >= 0.6 is 0 Å². The Labute approximate surface area is 232 Å². The number of hydrogen-bond donors (Lipinski definition) is 0. The molecule has 1 aromatic rings. The van der Waals surface area contributed by atoms with Crippen LogP contribution in [0.15, 0.2) is 29.2 Å². The van der Waals surface area contributed by atoms with Gasteiger partial charge >= 0.3 is 5.97 Å². The Hall–Kier alpha value is -2.10. The molecule has 1 aromatic carbocycles. The van der Waals surface area contributed by atoms with Crippen molar-refractivity contribution in [2.75, 3.05) is 13.7 Å². The molecule has 0 saturated heterocycles. The zero-order chi connectivity index (χ0) is 28.8. The molecule has 216 valence electrons. The highest BCUT2D eigenvalue weighted by atomic mass is 32.2. The molecule has 0 unspecified atom stereocenters. The van der Waals surface area contributed by atoms with Gasteiger partial charge in [-0.05, 0) is 62.5 Å². The topological polar surface area (TPSA) is 113 Å². The maximum atomic E-state index is 14.1. The SMILES string of the molecule is CO[C@@H]1CC[C@@]23CC[C@@H](C)[C@@](C)([C@H](OC(=O)COS(=O)(=O)c4ccc(C)cc4)C[C@@](C)(CC=O)C(=O)[C@@H]2C)[C@@H]13. The third kappa shape index (κ3) is 4.99. The van der Waals surface area contributed by atoms with Gasteiger partial charge < -0.3 is 14.3 Å². The number of Topliss-reactive ketones (excluding diaryl/α,β-unsaturated/α-hetero) is 1. The quantitative estimate of drug-likeness (QED) is 0.255. The fourth-order valence-corrected chi connectivity index (χ4v) is 8.98. The van der Waals surface area contributed by atoms with Crippen molar-refractivity contribution < 1.29 is 36.5 Å². The van der Waals surface area contributed by atoms with Crippen LogP contribution in [-0.2, 0) is 38.2 Å². The highest BCUT2D eigenvalue weighted by Crippen LogP contribution is 2.68. The van der Waals surface area contributed by atoms with Crippen molar-refractivity contribution in [2.24, 2.45) is 34.0 Å². The smallest absolute Gasteiger partial charge is 0.333 e. The number of hydrogen-bond acceptors (Lipinski definition) is 8. The first kappa shape index (κ1) is 29.9. The summed E-state index contributed by atoms with van der Waals surface area (Å²) < 4.78 is 42.6. The van der Waals surface area contributed by atoms with Gasteiger partial charge in [0.25, 0.3) is 10.1 Å². The summed E-state index contributed by atoms with van der Waals surface area (Å²) in [6.07, 6.45) is 3.54. The highest BCUT2D eigenvalue weighted by Gasteiger charge is 2.68. The molecule has 3 saturated carbocycles. The zero-order valence-corrected chi connectivity index (χ0v) is 24.7. The second-order valence-corrected chi connectivity index (χ2v) is 14.2. The Morgan fingerprint density at radius 3 is 2.36 bits per heavy atom. The van der Waals surface area contributed by atoms with E-state index >= 15 is 0 Å². The summed E-state index contributed by atoms with van der Waals surface area (Å²) in [5, 5.41) is 0. The minimum atomic E-state index is -4.17. The summed E-state index contributed by atoms with van der Waals surface area (Å²) in [6, 6.07) is 6.16. The number of ketones is 1. The van der Waals surface area contributed by atoms with E-state index in [1.54, 1.807) is 26.2 Å². The van der Waals surface area contributed by atoms with E-state index in [0.29, 0.717) is 0 Å². The molecular weight excluding hydrogens is 520 g/mol. The highest BCUT2D eigenvalue weighted by molar-refractivity contribution is 7.86. The first-order valence-corrected chi connectivity index (χ1v) is 15.3. The maximum Gasteiger partial charge on any atom is 0.333 e. The van der Waals surface area contributed by atoms with Gasteiger partial charge in [0.05, 0.1) is 11.0 Å². The lowest BCUT2D eigenvalue weighted by atomic mass is 9.44. The van der Waals surface area contributed by atoms with Crippen LogP contribution < -0.4 is 0 Å². The number of aryl methyl sites for hydroxylation is 1. The van der Waals surface area contributed by atoms with E-state index in [2.05, 4.69) is 13.8 Å². The molecule has 8 nitrogen and oxygen atoms in total. The number of benzene rings is 1. The summed E-state index contributed by atoms with van der Waals surface area (Å²) in [7, 11) is -2.47. The van der Waals surface area contributed by atoms with Gasteiger partial charge in [-0.1, -0.05) is 45.4 Å². The van der Waals surface area contributed by atoms with E-state index in [0.717, 1.165) is 37.5 Å². The van der Waals surface area contributed by atoms with Crippen molar-refractivity contribution in [3.05, 3.63) is 29.8 Å². The lowest BCUT2D eigenvalue weighted by Gasteiger charge is -2.61. The van der Waals surface area contributed by atoms with Gasteiger partial charge in [0.1, 0.15) is 18.2 Å². The number of esters is 1. The van der Waals surface area contributed by atoms with Crippen LogP contribution in [0.4, 0.5) is 0 Å². The molecule has 3 fully saturated rings. The standard InChI is InChI=1S/C30H42O8S/c1-19-7-9-22(10-8-19)39(34,35)37-18-25(32)38-24-17-28(4,15-16-31)27(33)21(3)30-13-11-20(2)29(24,5)26(30)23(36-6)12-14-30/h7-10,16,20-21,23-24,26H,11-15,17-18H2,1-6H3/t20-,21+,23-,24-,26-,28-,29+,30+/m1/s1. The minimum absolute atomic E-state index is 0.0206. The summed E-state index contributed by atoms with van der Waals surface area (Å²) >= 11 is 0. The molecule has 3 aliphatic carbocycles. The van der Waals surface area contributed by atoms with E-state index in [-0.39, 0.29) is 52.8 Å². The molecule has 0 radical (unpaired) electrons. The van der Waals surface area contributed by atoms with E-state index in [9.17, 15) is 22.8 Å². The van der Waals surface area contributed by atoms with Crippen LogP contribution in [0.1, 0.15) is 71.8 Å². The Balaban J connectivity index is 1.69. The third-order valence-electron chi connectivity index (χ3n) is 10.6. The average molecular weight is 563 g/mol. The zero-order valence-electron chi connectivity index (χ0n) is 23.9. The van der Waals surface area contributed by atoms with Gasteiger partial charge in [-0.15, -0.1) is 0 Å². The molecule has 0 spiro atoms. The summed E-state index contributed by atoms with van der Waals surface area (Å²) in [4.78, 5) is 39.0. The number of methoxy groups -OCH3 is 1. The molecule has 0 N–H and O–H groups in total. The Bertz CT molecular complexity index is 1210. The van der Waals surface area contributed by atoms with Crippen molar-refractivity contribution in [1.29, 1.82) is 0 Å². The lowest BCUT2D eigenvalue weighted by molar-refractivity contribution is -0.207. The third-order valence-corrected chi connectivity index (χ3v) is 11.9. The molecule has 4 rings (SSSR count). The van der Waals surface area contributed by atoms with Gasteiger partial charge in [-0.3, -0.25) is 8.98 Å². The van der Waals surface area contributed by atoms with Gasteiger partial charge in [0.2, 0.25) is 0 Å². The first-order chi connectivity index (χ1) is 18.2. The fraction of sp³-hybridized carbons (Fsp3) is 0.700. The van der Waals surface area contributed by atoms with Crippen LogP contribution in [-0.4, -0.2) is 52.4 Å². The molecule has 8 atom stereocenters. The van der Waals surface area contributed by atoms with Gasteiger partial charge in [-0.2, -0.15) is 8.42 Å². The normalized spacial score (nSPS) is 38.4. The lowest BCUT2D eigenvalue weighted by Crippen LogP contribution is -2.63. The Morgan fingerprint density at radius 1 is 1.10 bits per heavy atom. The van der Waals surface area contributed by atoms with Crippen molar-refractivity contribution in [1.82, 2.24) is 0 Å². The number of ether oxygens (including phenoxy) is 2. The van der Waals surface area contributed by atoms with Crippen LogP contribution in [0.25, 0.3) is 0 Å². The molecule has 0 aliphatic heterocycles. The number of aldehydes is 1. The number of carbonyl (C=O) groups is 3. The molecule has 0 aromatic heterocycles. The van der Waals surface area contributed by atoms with E-state index in [1.165, 1.54) is 12.1 Å². The van der Waals surface area contributed by atoms with Crippen LogP contribution in [0, 0.1) is 40.9 Å². The van der Waals surface area contributed by atoms with Crippen molar-refractivity contribution in [3.8, 4) is 0 Å². The first-order valence-electron chi connectivity index (χ1n) is 13.9. The second-order valence-electron chi connectivity index (χ2n) is 12.6. The largest absolute Gasteiger partial charge is 0.460 e. The Kier molecular flexibility index (Phi) is 8.20. The summed E-state index contributed by atoms with van der Waals surface area (Å²) in [5.41, 5.74) is -0.992. The Morgan fingerprint density at radius 2 is 1.74 bits per heavy atom. The molecular formula is C30H42O8S. The summed E-state index contributed by atoms with van der Waals surface area (Å²) in [6.45, 7) is 9.13. The molecule has 2 bridgehead atoms. The van der Waals surface area contributed by atoms with Crippen molar-refractivity contribution >= 4 is 28.2 Å². The number of carbonyl (C=O) groups excluding carboxylic acids is 3. The van der Waals surface area contributed by atoms with E-state index in [4.69, 9.17) is 13.7 Å². The molecule has 0 amide bonds. The maximum absolute atomic E-state index is 14.1. The number of rotatable bonds is 8. The van der Waals surface area contributed by atoms with Crippen LogP contribution in [0.3, 0.4) is 0 Å². The molecule has 3 aliphatic rings. The molecule has 39 heavy (non-hydrogen) atoms. The predicted octanol–water partition coefficient (Wildman–Crippen LogP) is 4.66. The van der Waals surface area contributed by atoms with Gasteiger partial charge in [0, 0.05) is 36.2 Å². The minimum Gasteiger partial charge on any atom is -0.460 e. The van der Waals surface area contributed by atoms with Gasteiger partial charge in [0.15, 0.2) is 6.61 Å². The monoisotopic (exact) mass is 562 g/mol. The fourth-order valence-electron chi connectivity index (χ4n) is 8.12. The average Bonchev–Trinajstić information content (AvgIpc) is 3.29. The molecule has 0 heterocycles. The van der Waals surface area contributed by atoms with Crippen molar-refractivity contribution in [3.63, 3.8) is 0 Å². The van der Waals surface area contributed by atoms with E-state index in [1.807, 2.05) is 13.8 Å². The predicted molar refractivity (Wildman–Crippen MR) is 144 cm³/mol. The van der Waals surface area contributed by atoms with Crippen LogP contribution in [0.2, 0.25) is 0 Å².